The molecule has 3 aromatic carbocycles. The lowest BCUT2D eigenvalue weighted by molar-refractivity contribution is -0.673. The number of nitrogens with zero attached hydrogens (tertiary/aromatic N) is 4. The summed E-state index contributed by atoms with van der Waals surface area (Å²) < 4.78 is 9.50. The molecule has 11 rings (SSSR count). The van der Waals surface area contributed by atoms with E-state index < -0.39 is 0 Å². The number of hydrogen-bond donors (Lipinski definition) is 0. The first-order chi connectivity index (χ1) is 23.5. The summed E-state index contributed by atoms with van der Waals surface area (Å²) in [6, 6.07) is 24.6. The number of benzene rings is 3. The van der Waals surface area contributed by atoms with Crippen molar-refractivity contribution in [3.63, 3.8) is 0 Å². The number of imidazole rings is 1. The van der Waals surface area contributed by atoms with Crippen molar-refractivity contribution < 1.29 is 8.97 Å². The maximum absolute atomic E-state index is 15.4. The normalized spacial score (nSPS) is 21.5. The Balaban J connectivity index is 1.37. The van der Waals surface area contributed by atoms with E-state index in [1.807, 2.05) is 0 Å². The average Bonchev–Trinajstić information content (AvgIpc) is 3.55. The Hall–Kier alpha value is -4.77. The molecule has 2 aliphatic heterocycles. The first-order valence-electron chi connectivity index (χ1n) is 18.0. The Morgan fingerprint density at radius 3 is 2.27 bits per heavy atom. The van der Waals surface area contributed by atoms with E-state index in [9.17, 15) is 0 Å². The Labute approximate surface area is 281 Å². The molecule has 5 aliphatic rings. The molecule has 0 atom stereocenters. The molecule has 5 nitrogen and oxygen atoms in total. The minimum atomic E-state index is -0.317. The lowest BCUT2D eigenvalue weighted by Crippen LogP contribution is -2.50. The fourth-order valence-electron chi connectivity index (χ4n) is 10.6. The molecule has 5 heterocycles. The maximum Gasteiger partial charge on any atom is 0.346 e. The van der Waals surface area contributed by atoms with Gasteiger partial charge in [-0.15, -0.1) is 0 Å². The van der Waals surface area contributed by atoms with Gasteiger partial charge in [0, 0.05) is 17.1 Å². The van der Waals surface area contributed by atoms with Crippen molar-refractivity contribution in [3.05, 3.63) is 129 Å². The van der Waals surface area contributed by atoms with Crippen LogP contribution in [0.4, 0.5) is 0 Å². The van der Waals surface area contributed by atoms with Crippen molar-refractivity contribution in [2.75, 3.05) is 0 Å². The van der Waals surface area contributed by atoms with Gasteiger partial charge in [0.05, 0.1) is 28.1 Å². The molecular weight excluding hydrogens is 589 g/mol. The van der Waals surface area contributed by atoms with Gasteiger partial charge < -0.3 is 0 Å². The van der Waals surface area contributed by atoms with Crippen molar-refractivity contribution in [1.29, 1.82) is 0 Å². The zero-order valence-corrected chi connectivity index (χ0v) is 28.4. The number of hydrogen-bond acceptors (Lipinski definition) is 1. The summed E-state index contributed by atoms with van der Waals surface area (Å²) in [5, 5.41) is 2.48. The Morgan fingerprint density at radius 2 is 1.52 bits per heavy atom. The van der Waals surface area contributed by atoms with Gasteiger partial charge in [-0.1, -0.05) is 68.4 Å². The van der Waals surface area contributed by atoms with E-state index in [0.717, 1.165) is 36.9 Å². The van der Waals surface area contributed by atoms with Gasteiger partial charge in [-0.2, -0.15) is 9.13 Å². The van der Waals surface area contributed by atoms with Gasteiger partial charge in [-0.25, -0.2) is 13.8 Å². The first kappa shape index (κ1) is 28.3. The minimum Gasteiger partial charge on any atom is -0.241 e. The fourth-order valence-corrected chi connectivity index (χ4v) is 10.6. The third-order valence-corrected chi connectivity index (χ3v) is 12.7. The van der Waals surface area contributed by atoms with Crippen LogP contribution >= 0.6 is 0 Å². The Morgan fingerprint density at radius 1 is 0.812 bits per heavy atom. The van der Waals surface area contributed by atoms with E-state index in [2.05, 4.69) is 131 Å². The summed E-state index contributed by atoms with van der Waals surface area (Å²) in [5.74, 6) is 2.00. The van der Waals surface area contributed by atoms with E-state index in [1.165, 1.54) is 79.9 Å². The Kier molecular flexibility index (Phi) is 5.82. The van der Waals surface area contributed by atoms with Crippen LogP contribution in [0.25, 0.3) is 44.8 Å². The van der Waals surface area contributed by atoms with Gasteiger partial charge in [0.15, 0.2) is 0 Å². The number of aromatic nitrogens is 4. The molecule has 6 aromatic rings. The van der Waals surface area contributed by atoms with E-state index in [4.69, 9.17) is 0 Å². The second kappa shape index (κ2) is 9.88. The highest BCUT2D eigenvalue weighted by Gasteiger charge is 2.51. The highest BCUT2D eigenvalue weighted by molar-refractivity contribution is 6.05. The molecule has 3 aliphatic carbocycles. The Bertz CT molecular complexity index is 2440. The lowest BCUT2D eigenvalue weighted by atomic mass is 9.66. The maximum atomic E-state index is 15.4. The summed E-state index contributed by atoms with van der Waals surface area (Å²) >= 11 is 0. The second-order valence-electron chi connectivity index (χ2n) is 14.8. The molecule has 2 bridgehead atoms. The lowest BCUT2D eigenvalue weighted by Gasteiger charge is -2.41. The van der Waals surface area contributed by atoms with Gasteiger partial charge >= 0.3 is 11.2 Å². The molecule has 0 saturated heterocycles. The molecule has 0 radical (unpaired) electrons. The highest BCUT2D eigenvalue weighted by Crippen LogP contribution is 2.54. The molecule has 3 aromatic heterocycles. The number of para-hydroxylation sites is 1. The van der Waals surface area contributed by atoms with Gasteiger partial charge in [-0.3, -0.25) is 0 Å². The number of fused-ring (bicyclic) bond motifs is 5. The summed E-state index contributed by atoms with van der Waals surface area (Å²) in [5.41, 5.74) is 13.4. The summed E-state index contributed by atoms with van der Waals surface area (Å²) in [4.78, 5) is 15.4. The molecule has 1 fully saturated rings. The molecule has 0 spiro atoms. The van der Waals surface area contributed by atoms with Crippen molar-refractivity contribution in [2.24, 2.45) is 0 Å². The standard InChI is InChI=1S/C43H42N4O/c1-5-43(6-2)34-16-10-13-28-21-22-45-38-30-19-17-29(18-20-30)36(38)42(48)47(41(45)35(28)34)39(43)33-25-44-23-24-46(37-26(3)11-9-12-27(37)4)40(44)32-15-8-7-14-31(32)33/h7-16,21-24,29-30H,5-6,17-20,25H2,1-4H3/q+2. The number of rotatable bonds is 3. The molecule has 0 unspecified atom stereocenters. The molecular formula is C43H42N4O+2. The minimum absolute atomic E-state index is 0.233. The van der Waals surface area contributed by atoms with Crippen LogP contribution in [0.2, 0.25) is 0 Å². The zero-order chi connectivity index (χ0) is 32.5. The van der Waals surface area contributed by atoms with Crippen LogP contribution in [0.15, 0.2) is 90.1 Å². The SMILES string of the molecule is CCC1(CC)C(=C2C[n+]3ccn(-c4c(C)cccc4C)c3-c3ccccc32)n2c(=O)c3c([n+]4ccc5cccc1c5c24)C1CCC3CC1. The molecule has 0 N–H and O–H groups in total. The number of allylic oxidation sites excluding steroid dienone is 2. The van der Waals surface area contributed by atoms with Gasteiger partial charge in [-0.05, 0) is 92.5 Å². The van der Waals surface area contributed by atoms with Crippen molar-refractivity contribution in [3.8, 4) is 17.1 Å². The van der Waals surface area contributed by atoms with E-state index in [0.29, 0.717) is 18.4 Å². The van der Waals surface area contributed by atoms with Gasteiger partial charge in [0.1, 0.15) is 36.0 Å². The van der Waals surface area contributed by atoms with Crippen LogP contribution in [-0.2, 0) is 12.0 Å². The molecule has 48 heavy (non-hydrogen) atoms. The smallest absolute Gasteiger partial charge is 0.241 e. The summed E-state index contributed by atoms with van der Waals surface area (Å²) in [7, 11) is 0. The quantitative estimate of drug-likeness (QED) is 0.143. The third kappa shape index (κ3) is 3.39. The van der Waals surface area contributed by atoms with E-state index in [1.54, 1.807) is 0 Å². The van der Waals surface area contributed by atoms with E-state index in [-0.39, 0.29) is 11.0 Å². The van der Waals surface area contributed by atoms with Crippen LogP contribution < -0.4 is 14.5 Å². The van der Waals surface area contributed by atoms with Crippen LogP contribution in [0.3, 0.4) is 0 Å². The van der Waals surface area contributed by atoms with Crippen LogP contribution in [0.1, 0.15) is 97.7 Å². The fraction of sp³-hybridized carbons (Fsp3) is 0.326. The van der Waals surface area contributed by atoms with Gasteiger partial charge in [0.2, 0.25) is 0 Å². The van der Waals surface area contributed by atoms with Crippen molar-refractivity contribution in [2.45, 2.75) is 90.0 Å². The van der Waals surface area contributed by atoms with Crippen LogP contribution in [0, 0.1) is 13.8 Å². The van der Waals surface area contributed by atoms with E-state index >= 15 is 4.79 Å². The van der Waals surface area contributed by atoms with Crippen LogP contribution in [-0.4, -0.2) is 9.13 Å². The van der Waals surface area contributed by atoms with Gasteiger partial charge in [0.25, 0.3) is 5.82 Å². The highest BCUT2D eigenvalue weighted by atomic mass is 16.1. The average molecular weight is 631 g/mol. The summed E-state index contributed by atoms with van der Waals surface area (Å²) in [6.07, 6.45) is 13.2. The predicted molar refractivity (Wildman–Crippen MR) is 192 cm³/mol. The zero-order valence-electron chi connectivity index (χ0n) is 28.4. The molecule has 5 heteroatoms. The van der Waals surface area contributed by atoms with Crippen LogP contribution in [0.5, 0.6) is 0 Å². The van der Waals surface area contributed by atoms with Crippen molar-refractivity contribution in [1.82, 2.24) is 9.13 Å². The largest absolute Gasteiger partial charge is 0.346 e. The number of aryl methyl sites for hydroxylation is 2. The predicted octanol–water partition coefficient (Wildman–Crippen LogP) is 8.31. The third-order valence-electron chi connectivity index (χ3n) is 12.7. The van der Waals surface area contributed by atoms with Crippen molar-refractivity contribution >= 4 is 27.7 Å². The first-order valence-corrected chi connectivity index (χ1v) is 18.0. The molecule has 1 saturated carbocycles. The molecule has 238 valence electrons. The topological polar surface area (TPSA) is 34.9 Å². The second-order valence-corrected chi connectivity index (χ2v) is 14.8. The number of pyridine rings is 1. The molecule has 0 amide bonds. The monoisotopic (exact) mass is 630 g/mol. The summed E-state index contributed by atoms with van der Waals surface area (Å²) in [6.45, 7) is 9.78.